The third-order valence-electron chi connectivity index (χ3n) is 9.26. The zero-order valence-electron chi connectivity index (χ0n) is 31.5. The van der Waals surface area contributed by atoms with Gasteiger partial charge in [-0.15, -0.1) is 5.10 Å². The summed E-state index contributed by atoms with van der Waals surface area (Å²) in [7, 11) is 0. The van der Waals surface area contributed by atoms with Crippen molar-refractivity contribution in [2.45, 2.75) is 64.6 Å². The first-order valence-electron chi connectivity index (χ1n) is 18.6. The van der Waals surface area contributed by atoms with Crippen molar-refractivity contribution < 1.29 is 14.3 Å². The summed E-state index contributed by atoms with van der Waals surface area (Å²) >= 11 is 0. The Balaban J connectivity index is 1.42. The molecule has 1 aromatic heterocycles. The van der Waals surface area contributed by atoms with E-state index < -0.39 is 17.2 Å². The van der Waals surface area contributed by atoms with Crippen LogP contribution in [0.25, 0.3) is 22.5 Å². The summed E-state index contributed by atoms with van der Waals surface area (Å²) in [4.78, 5) is 26.0. The molecule has 1 heterocycles. The van der Waals surface area contributed by atoms with Gasteiger partial charge >= 0.3 is 6.09 Å². The number of alkyl carbamates (subject to hydrolysis) is 1. The molecule has 2 N–H and O–H groups in total. The van der Waals surface area contributed by atoms with Crippen molar-refractivity contribution in [1.29, 1.82) is 0 Å². The van der Waals surface area contributed by atoms with Gasteiger partial charge < -0.3 is 15.4 Å². The number of carbonyl (C=O) groups excluding carboxylic acids is 2. The van der Waals surface area contributed by atoms with E-state index in [1.54, 1.807) is 0 Å². The second kappa shape index (κ2) is 17.3. The Hall–Kier alpha value is -5.93. The minimum Gasteiger partial charge on any atom is -0.444 e. The lowest BCUT2D eigenvalue weighted by Crippen LogP contribution is -2.39. The summed E-state index contributed by atoms with van der Waals surface area (Å²) in [5.74, 6) is 0.652. The maximum atomic E-state index is 14.0. The van der Waals surface area contributed by atoms with Crippen LogP contribution in [0, 0.1) is 0 Å². The van der Waals surface area contributed by atoms with E-state index in [9.17, 15) is 9.59 Å². The van der Waals surface area contributed by atoms with Gasteiger partial charge in [-0.25, -0.2) is 9.48 Å². The van der Waals surface area contributed by atoms with Crippen LogP contribution in [0.4, 0.5) is 4.79 Å². The minimum atomic E-state index is -0.927. The molecule has 0 aliphatic heterocycles. The SMILES string of the molecule is CCCCC(=O)c1cc(CNCCNC(=O)OC(C)(C)C)ccc1-c1ccccc1-c1nnnn1C(c1ccccc1)(c1ccccc1)c1ccccc1. The number of unbranched alkanes of at least 4 members (excludes halogenated alkanes) is 1. The molecule has 0 bridgehead atoms. The number of hydrogen-bond donors (Lipinski definition) is 2. The van der Waals surface area contributed by atoms with E-state index in [0.29, 0.717) is 37.4 Å². The van der Waals surface area contributed by atoms with Gasteiger partial charge in [-0.2, -0.15) is 0 Å². The Labute approximate surface area is 317 Å². The Kier molecular flexibility index (Phi) is 12.1. The first kappa shape index (κ1) is 37.8. The number of tetrazole rings is 1. The fourth-order valence-corrected chi connectivity index (χ4v) is 6.84. The number of hydrogen-bond acceptors (Lipinski definition) is 7. The molecular formula is C45H48N6O3. The molecule has 276 valence electrons. The average Bonchev–Trinajstić information content (AvgIpc) is 3.68. The van der Waals surface area contributed by atoms with Crippen molar-refractivity contribution in [3.8, 4) is 22.5 Å². The van der Waals surface area contributed by atoms with E-state index in [-0.39, 0.29) is 5.78 Å². The zero-order valence-corrected chi connectivity index (χ0v) is 31.5. The first-order valence-corrected chi connectivity index (χ1v) is 18.6. The molecule has 6 rings (SSSR count). The molecule has 54 heavy (non-hydrogen) atoms. The first-order chi connectivity index (χ1) is 26.2. The van der Waals surface area contributed by atoms with E-state index in [0.717, 1.165) is 51.8 Å². The van der Waals surface area contributed by atoms with Crippen LogP contribution in [0.3, 0.4) is 0 Å². The Bertz CT molecular complexity index is 2050. The smallest absolute Gasteiger partial charge is 0.407 e. The highest BCUT2D eigenvalue weighted by Crippen LogP contribution is 2.43. The van der Waals surface area contributed by atoms with Crippen LogP contribution >= 0.6 is 0 Å². The monoisotopic (exact) mass is 720 g/mol. The Morgan fingerprint density at radius 3 is 1.85 bits per heavy atom. The van der Waals surface area contributed by atoms with Crippen LogP contribution in [-0.4, -0.2) is 50.8 Å². The summed E-state index contributed by atoms with van der Waals surface area (Å²) in [6, 6.07) is 45.0. The molecule has 1 amide bonds. The Morgan fingerprint density at radius 2 is 1.28 bits per heavy atom. The fourth-order valence-electron chi connectivity index (χ4n) is 6.84. The van der Waals surface area contributed by atoms with Crippen LogP contribution in [0.5, 0.6) is 0 Å². The molecule has 0 unspecified atom stereocenters. The normalized spacial score (nSPS) is 11.6. The van der Waals surface area contributed by atoms with Gasteiger partial charge in [0.15, 0.2) is 11.6 Å². The van der Waals surface area contributed by atoms with Gasteiger partial charge in [0.25, 0.3) is 0 Å². The van der Waals surface area contributed by atoms with E-state index in [1.807, 2.05) is 123 Å². The Morgan fingerprint density at radius 1 is 0.704 bits per heavy atom. The lowest BCUT2D eigenvalue weighted by atomic mass is 9.77. The predicted molar refractivity (Wildman–Crippen MR) is 213 cm³/mol. The summed E-state index contributed by atoms with van der Waals surface area (Å²) in [5.41, 5.74) is 5.63. The molecule has 0 fully saturated rings. The van der Waals surface area contributed by atoms with Gasteiger partial charge in [0.1, 0.15) is 11.1 Å². The third kappa shape index (κ3) is 8.48. The number of ether oxygens (including phenoxy) is 1. The molecule has 0 radical (unpaired) electrons. The van der Waals surface area contributed by atoms with Gasteiger partial charge in [-0.3, -0.25) is 4.79 Å². The topological polar surface area (TPSA) is 111 Å². The summed E-state index contributed by atoms with van der Waals surface area (Å²) in [6.07, 6.45) is 1.71. The summed E-state index contributed by atoms with van der Waals surface area (Å²) in [6.45, 7) is 9.07. The molecule has 0 spiro atoms. The maximum absolute atomic E-state index is 14.0. The van der Waals surface area contributed by atoms with Gasteiger partial charge in [0.05, 0.1) is 0 Å². The standard InChI is InChI=1S/C45H48N6O3/c1-5-6-26-41(52)40-31-33(32-46-29-30-47-43(53)54-44(2,3)4)27-28-38(40)37-24-16-17-25-39(37)42-48-49-50-51(42)45(34-18-10-7-11-19-34,35-20-12-8-13-21-35)36-22-14-9-15-23-36/h7-25,27-28,31,46H,5-6,26,29-30,32H2,1-4H3,(H,47,53). The van der Waals surface area contributed by atoms with Crippen LogP contribution in [0.2, 0.25) is 0 Å². The number of rotatable bonds is 15. The number of Topliss-reactive ketones (excluding diaryl/α,β-unsaturated/α-hetero) is 1. The molecule has 0 aliphatic rings. The third-order valence-corrected chi connectivity index (χ3v) is 9.26. The summed E-state index contributed by atoms with van der Waals surface area (Å²) < 4.78 is 7.26. The molecule has 0 atom stereocenters. The van der Waals surface area contributed by atoms with Crippen LogP contribution in [0.15, 0.2) is 133 Å². The zero-order chi connectivity index (χ0) is 38.0. The minimum absolute atomic E-state index is 0.0851. The highest BCUT2D eigenvalue weighted by atomic mass is 16.6. The lowest BCUT2D eigenvalue weighted by molar-refractivity contribution is 0.0528. The van der Waals surface area contributed by atoms with Gasteiger partial charge in [0, 0.05) is 37.2 Å². The molecule has 6 aromatic rings. The highest BCUT2D eigenvalue weighted by molar-refractivity contribution is 6.04. The largest absolute Gasteiger partial charge is 0.444 e. The molecule has 0 saturated heterocycles. The summed E-state index contributed by atoms with van der Waals surface area (Å²) in [5, 5.41) is 20.0. The van der Waals surface area contributed by atoms with Crippen molar-refractivity contribution in [2.24, 2.45) is 0 Å². The van der Waals surface area contributed by atoms with E-state index in [2.05, 4.69) is 59.2 Å². The van der Waals surface area contributed by atoms with Gasteiger partial charge in [0.2, 0.25) is 0 Å². The second-order valence-electron chi connectivity index (χ2n) is 14.3. The lowest BCUT2D eigenvalue weighted by Gasteiger charge is -2.36. The van der Waals surface area contributed by atoms with Crippen molar-refractivity contribution >= 4 is 11.9 Å². The number of ketones is 1. The van der Waals surface area contributed by atoms with Gasteiger partial charge in [-0.1, -0.05) is 141 Å². The van der Waals surface area contributed by atoms with E-state index in [4.69, 9.17) is 15.0 Å². The van der Waals surface area contributed by atoms with Crippen LogP contribution in [-0.2, 0) is 16.8 Å². The number of nitrogens with zero attached hydrogens (tertiary/aromatic N) is 4. The number of benzene rings is 5. The molecule has 5 aromatic carbocycles. The second-order valence-corrected chi connectivity index (χ2v) is 14.3. The fraction of sp³-hybridized carbons (Fsp3) is 0.267. The predicted octanol–water partition coefficient (Wildman–Crippen LogP) is 8.83. The number of aromatic nitrogens is 4. The van der Waals surface area contributed by atoms with E-state index >= 15 is 0 Å². The van der Waals surface area contributed by atoms with Crippen molar-refractivity contribution in [2.75, 3.05) is 13.1 Å². The maximum Gasteiger partial charge on any atom is 0.407 e. The average molecular weight is 721 g/mol. The molecule has 0 saturated carbocycles. The molecule has 9 heteroatoms. The number of carbonyl (C=O) groups is 2. The van der Waals surface area contributed by atoms with E-state index in [1.165, 1.54) is 0 Å². The molecular weight excluding hydrogens is 673 g/mol. The van der Waals surface area contributed by atoms with Gasteiger partial charge in [-0.05, 0) is 77.1 Å². The van der Waals surface area contributed by atoms with Crippen molar-refractivity contribution in [3.63, 3.8) is 0 Å². The number of amides is 1. The highest BCUT2D eigenvalue weighted by Gasteiger charge is 2.42. The van der Waals surface area contributed by atoms with Crippen LogP contribution < -0.4 is 10.6 Å². The van der Waals surface area contributed by atoms with Crippen molar-refractivity contribution in [1.82, 2.24) is 30.8 Å². The molecule has 0 aliphatic carbocycles. The number of nitrogens with one attached hydrogen (secondary N) is 2. The quantitative estimate of drug-likeness (QED) is 0.0620. The van der Waals surface area contributed by atoms with Crippen molar-refractivity contribution in [3.05, 3.63) is 161 Å². The molecule has 9 nitrogen and oxygen atoms in total. The van der Waals surface area contributed by atoms with Crippen LogP contribution in [0.1, 0.15) is 79.6 Å².